The van der Waals surface area contributed by atoms with E-state index in [-0.39, 0.29) is 5.91 Å². The normalized spacial score (nSPS) is 24.7. The molecule has 76 valence electrons. The Morgan fingerprint density at radius 2 is 2.50 bits per heavy atom. The zero-order valence-corrected chi connectivity index (χ0v) is 9.60. The van der Waals surface area contributed by atoms with E-state index in [2.05, 4.69) is 33.2 Å². The topological polar surface area (TPSA) is 44.9 Å². The van der Waals surface area contributed by atoms with Gasteiger partial charge in [0.25, 0.3) is 5.91 Å². The van der Waals surface area contributed by atoms with Gasteiger partial charge in [0.15, 0.2) is 0 Å². The second-order valence-electron chi connectivity index (χ2n) is 3.91. The third-order valence-electron chi connectivity index (χ3n) is 2.69. The maximum absolute atomic E-state index is 11.5. The molecule has 0 saturated heterocycles. The van der Waals surface area contributed by atoms with E-state index in [1.807, 2.05) is 0 Å². The van der Waals surface area contributed by atoms with Crippen LogP contribution in [0.15, 0.2) is 16.7 Å². The highest BCUT2D eigenvalue weighted by molar-refractivity contribution is 9.10. The molecule has 1 heterocycles. The Bertz CT molecular complexity index is 348. The van der Waals surface area contributed by atoms with Crippen molar-refractivity contribution in [1.29, 1.82) is 0 Å². The van der Waals surface area contributed by atoms with E-state index < -0.39 is 0 Å². The molecule has 2 atom stereocenters. The van der Waals surface area contributed by atoms with Crippen LogP contribution in [0.1, 0.15) is 23.8 Å². The van der Waals surface area contributed by atoms with Crippen molar-refractivity contribution in [3.63, 3.8) is 0 Å². The van der Waals surface area contributed by atoms with Crippen molar-refractivity contribution in [2.75, 3.05) is 6.54 Å². The molecule has 2 N–H and O–H groups in total. The third-order valence-corrected chi connectivity index (χ3v) is 3.15. The van der Waals surface area contributed by atoms with Gasteiger partial charge in [-0.25, -0.2) is 0 Å². The number of carbonyl (C=O) groups excluding carboxylic acids is 1. The van der Waals surface area contributed by atoms with Crippen LogP contribution in [-0.4, -0.2) is 17.4 Å². The third kappa shape index (κ3) is 2.18. The fourth-order valence-corrected chi connectivity index (χ4v) is 1.84. The minimum atomic E-state index is -0.0187. The summed E-state index contributed by atoms with van der Waals surface area (Å²) in [6, 6.07) is 1.78. The summed E-state index contributed by atoms with van der Waals surface area (Å²) in [6.45, 7) is 3.01. The number of hydrogen-bond acceptors (Lipinski definition) is 1. The molecule has 1 aliphatic carbocycles. The first-order chi connectivity index (χ1) is 6.66. The molecule has 1 amide bonds. The van der Waals surface area contributed by atoms with Crippen molar-refractivity contribution >= 4 is 21.8 Å². The van der Waals surface area contributed by atoms with Crippen LogP contribution in [0.5, 0.6) is 0 Å². The highest BCUT2D eigenvalue weighted by Gasteiger charge is 2.32. The van der Waals surface area contributed by atoms with Gasteiger partial charge >= 0.3 is 0 Å². The molecule has 3 nitrogen and oxygen atoms in total. The van der Waals surface area contributed by atoms with Crippen molar-refractivity contribution < 1.29 is 4.79 Å². The molecule has 1 aromatic heterocycles. The lowest BCUT2D eigenvalue weighted by Gasteiger charge is -2.01. The van der Waals surface area contributed by atoms with Crippen molar-refractivity contribution in [1.82, 2.24) is 10.3 Å². The Morgan fingerprint density at radius 1 is 1.79 bits per heavy atom. The molecule has 0 aromatic carbocycles. The second kappa shape index (κ2) is 3.77. The summed E-state index contributed by atoms with van der Waals surface area (Å²) in [5.74, 6) is 1.46. The average Bonchev–Trinajstić information content (AvgIpc) is 2.66. The lowest BCUT2D eigenvalue weighted by atomic mass is 10.3. The summed E-state index contributed by atoms with van der Waals surface area (Å²) in [5, 5.41) is 2.91. The van der Waals surface area contributed by atoms with Crippen LogP contribution in [0.25, 0.3) is 0 Å². The lowest BCUT2D eigenvalue weighted by Crippen LogP contribution is -2.26. The van der Waals surface area contributed by atoms with E-state index in [1.165, 1.54) is 6.42 Å². The summed E-state index contributed by atoms with van der Waals surface area (Å²) < 4.78 is 0.905. The minimum absolute atomic E-state index is 0.0187. The average molecular weight is 257 g/mol. The summed E-state index contributed by atoms with van der Waals surface area (Å²) in [6.07, 6.45) is 3.00. The predicted octanol–water partition coefficient (Wildman–Crippen LogP) is 2.16. The highest BCUT2D eigenvalue weighted by Crippen LogP contribution is 2.36. The quantitative estimate of drug-likeness (QED) is 0.856. The molecule has 14 heavy (non-hydrogen) atoms. The number of nitrogens with one attached hydrogen (secondary N) is 2. The van der Waals surface area contributed by atoms with E-state index in [0.717, 1.165) is 16.9 Å². The van der Waals surface area contributed by atoms with Crippen LogP contribution in [0.2, 0.25) is 0 Å². The molecule has 0 spiro atoms. The summed E-state index contributed by atoms with van der Waals surface area (Å²) >= 11 is 3.29. The van der Waals surface area contributed by atoms with E-state index in [9.17, 15) is 4.79 Å². The van der Waals surface area contributed by atoms with E-state index in [1.54, 1.807) is 12.3 Å². The molecule has 2 rings (SSSR count). The SMILES string of the molecule is CC1CC1CNC(=O)c1cc(Br)c[nH]1. The molecule has 1 fully saturated rings. The largest absolute Gasteiger partial charge is 0.356 e. The summed E-state index contributed by atoms with van der Waals surface area (Å²) in [4.78, 5) is 14.4. The number of H-pyrrole nitrogens is 1. The fourth-order valence-electron chi connectivity index (χ4n) is 1.50. The zero-order chi connectivity index (χ0) is 10.1. The van der Waals surface area contributed by atoms with Crippen LogP contribution in [-0.2, 0) is 0 Å². The maximum atomic E-state index is 11.5. The molecular weight excluding hydrogens is 244 g/mol. The molecule has 1 aliphatic rings. The van der Waals surface area contributed by atoms with Gasteiger partial charge in [0.1, 0.15) is 5.69 Å². The van der Waals surface area contributed by atoms with Gasteiger partial charge in [0, 0.05) is 17.2 Å². The smallest absolute Gasteiger partial charge is 0.267 e. The molecule has 0 bridgehead atoms. The summed E-state index contributed by atoms with van der Waals surface area (Å²) in [5.41, 5.74) is 0.616. The first kappa shape index (κ1) is 9.77. The Morgan fingerprint density at radius 3 is 3.00 bits per heavy atom. The van der Waals surface area contributed by atoms with E-state index in [4.69, 9.17) is 0 Å². The van der Waals surface area contributed by atoms with E-state index in [0.29, 0.717) is 11.6 Å². The molecule has 1 aromatic rings. The van der Waals surface area contributed by atoms with Gasteiger partial charge in [-0.1, -0.05) is 6.92 Å². The fraction of sp³-hybridized carbons (Fsp3) is 0.500. The van der Waals surface area contributed by atoms with Crippen molar-refractivity contribution in [2.24, 2.45) is 11.8 Å². The molecule has 4 heteroatoms. The van der Waals surface area contributed by atoms with Gasteiger partial charge in [0.05, 0.1) is 0 Å². The van der Waals surface area contributed by atoms with Gasteiger partial charge in [-0.15, -0.1) is 0 Å². The van der Waals surface area contributed by atoms with Gasteiger partial charge in [-0.2, -0.15) is 0 Å². The van der Waals surface area contributed by atoms with Crippen LogP contribution >= 0.6 is 15.9 Å². The first-order valence-electron chi connectivity index (χ1n) is 4.79. The van der Waals surface area contributed by atoms with Gasteiger partial charge in [-0.3, -0.25) is 4.79 Å². The number of aromatic amines is 1. The van der Waals surface area contributed by atoms with Crippen molar-refractivity contribution in [3.05, 3.63) is 22.4 Å². The zero-order valence-electron chi connectivity index (χ0n) is 8.01. The number of carbonyl (C=O) groups is 1. The van der Waals surface area contributed by atoms with Gasteiger partial charge in [0.2, 0.25) is 0 Å². The highest BCUT2D eigenvalue weighted by atomic mass is 79.9. The van der Waals surface area contributed by atoms with Crippen LogP contribution in [0.3, 0.4) is 0 Å². The predicted molar refractivity (Wildman–Crippen MR) is 58.1 cm³/mol. The van der Waals surface area contributed by atoms with Crippen LogP contribution in [0, 0.1) is 11.8 Å². The molecule has 0 radical (unpaired) electrons. The number of rotatable bonds is 3. The Balaban J connectivity index is 1.83. The van der Waals surface area contributed by atoms with Crippen molar-refractivity contribution in [3.8, 4) is 0 Å². The first-order valence-corrected chi connectivity index (χ1v) is 5.58. The Labute approximate surface area is 91.4 Å². The molecule has 1 saturated carbocycles. The number of amides is 1. The Hall–Kier alpha value is -0.770. The monoisotopic (exact) mass is 256 g/mol. The standard InChI is InChI=1S/C10H13BrN2O/c1-6-2-7(6)4-13-10(14)9-3-8(11)5-12-9/h3,5-7,12H,2,4H2,1H3,(H,13,14). The van der Waals surface area contributed by atoms with Gasteiger partial charge in [-0.05, 0) is 40.3 Å². The Kier molecular flexibility index (Phi) is 2.63. The van der Waals surface area contributed by atoms with Crippen LogP contribution < -0.4 is 5.32 Å². The molecular formula is C10H13BrN2O. The summed E-state index contributed by atoms with van der Waals surface area (Å²) in [7, 11) is 0. The molecule has 0 aliphatic heterocycles. The van der Waals surface area contributed by atoms with E-state index >= 15 is 0 Å². The second-order valence-corrected chi connectivity index (χ2v) is 4.83. The molecule has 2 unspecified atom stereocenters. The van der Waals surface area contributed by atoms with Gasteiger partial charge < -0.3 is 10.3 Å². The van der Waals surface area contributed by atoms with Crippen LogP contribution in [0.4, 0.5) is 0 Å². The number of hydrogen-bond donors (Lipinski definition) is 2. The van der Waals surface area contributed by atoms with Crippen molar-refractivity contribution in [2.45, 2.75) is 13.3 Å². The lowest BCUT2D eigenvalue weighted by molar-refractivity contribution is 0.0947. The number of halogens is 1. The minimum Gasteiger partial charge on any atom is -0.356 e. The maximum Gasteiger partial charge on any atom is 0.267 e. The number of aromatic nitrogens is 1.